The number of rotatable bonds is 4. The van der Waals surface area contributed by atoms with Crippen LogP contribution in [0.15, 0.2) is 6.20 Å². The first-order chi connectivity index (χ1) is 13.7. The van der Waals surface area contributed by atoms with Crippen molar-refractivity contribution in [3.05, 3.63) is 11.8 Å². The minimum absolute atomic E-state index is 0.0744. The molecule has 0 aromatic carbocycles. The fourth-order valence-corrected chi connectivity index (χ4v) is 4.65. The lowest BCUT2D eigenvalue weighted by Gasteiger charge is -2.53. The van der Waals surface area contributed by atoms with Crippen LogP contribution in [0.25, 0.3) is 0 Å². The maximum atomic E-state index is 12.4. The van der Waals surface area contributed by atoms with Gasteiger partial charge in [0.1, 0.15) is 11.9 Å². The average molecular weight is 404 g/mol. The molecule has 2 N–H and O–H groups in total. The van der Waals surface area contributed by atoms with Crippen molar-refractivity contribution in [2.24, 2.45) is 5.92 Å². The minimum Gasteiger partial charge on any atom is -0.388 e. The number of hydrogen-bond acceptors (Lipinski definition) is 7. The molecular formula is C21H33N5O3. The van der Waals surface area contributed by atoms with E-state index in [0.29, 0.717) is 44.9 Å². The number of nitrogens with one attached hydrogen (secondary N) is 1. The number of hydrogen-bond donors (Lipinski definition) is 2. The number of aryl methyl sites for hydroxylation is 1. The smallest absolute Gasteiger partial charge is 0.227 e. The van der Waals surface area contributed by atoms with Gasteiger partial charge >= 0.3 is 0 Å². The molecule has 160 valence electrons. The monoisotopic (exact) mass is 403 g/mol. The molecule has 2 atom stereocenters. The number of ether oxygens (including phenoxy) is 1. The first-order valence-corrected chi connectivity index (χ1v) is 10.6. The normalized spacial score (nSPS) is 29.0. The van der Waals surface area contributed by atoms with E-state index < -0.39 is 17.2 Å². The molecule has 1 saturated carbocycles. The van der Waals surface area contributed by atoms with E-state index in [-0.39, 0.29) is 11.8 Å². The highest BCUT2D eigenvalue weighted by Gasteiger charge is 2.54. The predicted molar refractivity (Wildman–Crippen MR) is 111 cm³/mol. The second-order valence-corrected chi connectivity index (χ2v) is 9.30. The Morgan fingerprint density at radius 3 is 2.62 bits per heavy atom. The lowest BCUT2D eigenvalue weighted by atomic mass is 9.73. The van der Waals surface area contributed by atoms with Crippen LogP contribution in [0.5, 0.6) is 0 Å². The third-order valence-electron chi connectivity index (χ3n) is 6.72. The van der Waals surface area contributed by atoms with Gasteiger partial charge in [-0.2, -0.15) is 4.98 Å². The van der Waals surface area contributed by atoms with Crippen LogP contribution in [-0.4, -0.2) is 72.0 Å². The van der Waals surface area contributed by atoms with Crippen molar-refractivity contribution in [3.8, 4) is 0 Å². The maximum Gasteiger partial charge on any atom is 0.227 e. The molecule has 1 spiro atoms. The number of aliphatic hydroxyl groups excluding tert-OH is 1. The summed E-state index contributed by atoms with van der Waals surface area (Å²) in [5, 5.41) is 14.4. The number of aromatic nitrogens is 2. The van der Waals surface area contributed by atoms with Crippen LogP contribution in [0.3, 0.4) is 0 Å². The van der Waals surface area contributed by atoms with Crippen LogP contribution in [0.2, 0.25) is 0 Å². The van der Waals surface area contributed by atoms with E-state index in [2.05, 4.69) is 15.2 Å². The van der Waals surface area contributed by atoms with Crippen LogP contribution in [0.1, 0.15) is 44.6 Å². The number of amides is 1. The third-order valence-corrected chi connectivity index (χ3v) is 6.72. The minimum atomic E-state index is -0.732. The van der Waals surface area contributed by atoms with E-state index in [0.717, 1.165) is 24.2 Å². The number of aliphatic hydroxyl groups is 1. The van der Waals surface area contributed by atoms with E-state index in [1.165, 1.54) is 0 Å². The Bertz CT molecular complexity index is 774. The summed E-state index contributed by atoms with van der Waals surface area (Å²) in [4.78, 5) is 25.7. The molecule has 8 heteroatoms. The Hall–Kier alpha value is -1.93. The first-order valence-electron chi connectivity index (χ1n) is 10.6. The Morgan fingerprint density at radius 1 is 1.31 bits per heavy atom. The summed E-state index contributed by atoms with van der Waals surface area (Å²) < 4.78 is 6.16. The second kappa shape index (κ2) is 7.40. The number of nitrogens with zero attached hydrogens (tertiary/aromatic N) is 4. The number of carbonyl (C=O) groups is 1. The predicted octanol–water partition coefficient (Wildman–Crippen LogP) is 1.26. The summed E-state index contributed by atoms with van der Waals surface area (Å²) in [6.45, 7) is 5.93. The van der Waals surface area contributed by atoms with E-state index >= 15 is 0 Å². The molecule has 1 aromatic rings. The molecule has 2 saturated heterocycles. The zero-order valence-corrected chi connectivity index (χ0v) is 17.9. The number of piperidine rings is 1. The van der Waals surface area contributed by atoms with Crippen LogP contribution in [-0.2, 0) is 9.53 Å². The Morgan fingerprint density at radius 2 is 2.00 bits per heavy atom. The molecule has 1 aliphatic carbocycles. The van der Waals surface area contributed by atoms with Gasteiger partial charge in [0.2, 0.25) is 11.9 Å². The summed E-state index contributed by atoms with van der Waals surface area (Å²) >= 11 is 0. The van der Waals surface area contributed by atoms with Crippen LogP contribution < -0.4 is 15.1 Å². The SMILES string of the molecule is Cc1cnc(N2CCC3(CC2)OCC[C@](C)(NC(=O)C2CC2)[C@H]3O)nc1N(C)C. The summed E-state index contributed by atoms with van der Waals surface area (Å²) in [6, 6.07) is 0. The first kappa shape index (κ1) is 20.3. The molecule has 0 unspecified atom stereocenters. The third kappa shape index (κ3) is 3.80. The van der Waals surface area contributed by atoms with Gasteiger partial charge in [-0.05, 0) is 46.0 Å². The van der Waals surface area contributed by atoms with Crippen molar-refractivity contribution in [2.45, 2.75) is 63.2 Å². The zero-order chi connectivity index (χ0) is 20.8. The standard InChI is InChI=1S/C21H33N5O3/c1-14-13-22-19(23-16(14)25(3)4)26-10-7-21(8-11-26)18(28)20(2,9-12-29-21)24-17(27)15-5-6-15/h13,15,18,28H,5-12H2,1-4H3,(H,24,27)/t18-,20+/m1/s1. The zero-order valence-electron chi connectivity index (χ0n) is 17.9. The summed E-state index contributed by atoms with van der Waals surface area (Å²) in [5.41, 5.74) is -0.228. The highest BCUT2D eigenvalue weighted by molar-refractivity contribution is 5.81. The highest BCUT2D eigenvalue weighted by atomic mass is 16.5. The molecule has 1 aromatic heterocycles. The van der Waals surface area contributed by atoms with E-state index in [4.69, 9.17) is 9.72 Å². The quantitative estimate of drug-likeness (QED) is 0.782. The molecule has 8 nitrogen and oxygen atoms in total. The van der Waals surface area contributed by atoms with Crippen molar-refractivity contribution in [2.75, 3.05) is 43.6 Å². The van der Waals surface area contributed by atoms with Crippen molar-refractivity contribution >= 4 is 17.7 Å². The molecule has 0 bridgehead atoms. The summed E-state index contributed by atoms with van der Waals surface area (Å²) in [7, 11) is 3.96. The fraction of sp³-hybridized carbons (Fsp3) is 0.762. The largest absolute Gasteiger partial charge is 0.388 e. The van der Waals surface area contributed by atoms with Gasteiger partial charge in [0.25, 0.3) is 0 Å². The topological polar surface area (TPSA) is 90.8 Å². The molecule has 3 aliphatic rings. The average Bonchev–Trinajstić information content (AvgIpc) is 3.53. The Balaban J connectivity index is 1.46. The molecule has 0 radical (unpaired) electrons. The molecule has 3 heterocycles. The van der Waals surface area contributed by atoms with Gasteiger partial charge < -0.3 is 25.0 Å². The summed E-state index contributed by atoms with van der Waals surface area (Å²) in [5.74, 6) is 1.83. The van der Waals surface area contributed by atoms with Gasteiger partial charge in [-0.25, -0.2) is 4.98 Å². The Kier molecular flexibility index (Phi) is 5.19. The van der Waals surface area contributed by atoms with Crippen molar-refractivity contribution in [3.63, 3.8) is 0 Å². The molecule has 3 fully saturated rings. The molecule has 1 amide bonds. The summed E-state index contributed by atoms with van der Waals surface area (Å²) in [6.07, 6.45) is 5.03. The van der Waals surface area contributed by atoms with Crippen LogP contribution in [0, 0.1) is 12.8 Å². The van der Waals surface area contributed by atoms with E-state index in [1.807, 2.05) is 39.0 Å². The second-order valence-electron chi connectivity index (χ2n) is 9.30. The lowest BCUT2D eigenvalue weighted by Crippen LogP contribution is -2.69. The highest BCUT2D eigenvalue weighted by Crippen LogP contribution is 2.41. The van der Waals surface area contributed by atoms with E-state index in [9.17, 15) is 9.90 Å². The van der Waals surface area contributed by atoms with Crippen LogP contribution >= 0.6 is 0 Å². The number of carbonyl (C=O) groups excluding carboxylic acids is 1. The molecule has 4 rings (SSSR count). The Labute approximate surface area is 172 Å². The molecule has 29 heavy (non-hydrogen) atoms. The van der Waals surface area contributed by atoms with Crippen molar-refractivity contribution < 1.29 is 14.6 Å². The van der Waals surface area contributed by atoms with Gasteiger partial charge in [0.15, 0.2) is 0 Å². The van der Waals surface area contributed by atoms with Crippen molar-refractivity contribution in [1.82, 2.24) is 15.3 Å². The lowest BCUT2D eigenvalue weighted by molar-refractivity contribution is -0.198. The van der Waals surface area contributed by atoms with Gasteiger partial charge in [-0.15, -0.1) is 0 Å². The van der Waals surface area contributed by atoms with Gasteiger partial charge in [0, 0.05) is 51.5 Å². The van der Waals surface area contributed by atoms with Gasteiger partial charge in [-0.3, -0.25) is 4.79 Å². The fourth-order valence-electron chi connectivity index (χ4n) is 4.65. The van der Waals surface area contributed by atoms with Crippen LogP contribution in [0.4, 0.5) is 11.8 Å². The van der Waals surface area contributed by atoms with Gasteiger partial charge in [-0.1, -0.05) is 0 Å². The van der Waals surface area contributed by atoms with Crippen molar-refractivity contribution in [1.29, 1.82) is 0 Å². The number of anilines is 2. The van der Waals surface area contributed by atoms with E-state index in [1.54, 1.807) is 0 Å². The maximum absolute atomic E-state index is 12.4. The van der Waals surface area contributed by atoms with Gasteiger partial charge in [0.05, 0.1) is 11.1 Å². The molecule has 2 aliphatic heterocycles. The molecular weight excluding hydrogens is 370 g/mol.